The van der Waals surface area contributed by atoms with Gasteiger partial charge in [-0.05, 0) is 6.92 Å². The largest absolute Gasteiger partial charge is 0.470 e. The van der Waals surface area contributed by atoms with E-state index in [1.54, 1.807) is 6.92 Å². The van der Waals surface area contributed by atoms with Gasteiger partial charge in [0, 0.05) is 6.42 Å². The van der Waals surface area contributed by atoms with Crippen LogP contribution in [0.15, 0.2) is 6.20 Å². The number of aliphatic hydroxyl groups is 2. The van der Waals surface area contributed by atoms with E-state index in [1.165, 1.54) is 6.20 Å². The first kappa shape index (κ1) is 12.9. The van der Waals surface area contributed by atoms with Crippen molar-refractivity contribution < 1.29 is 24.5 Å². The first-order valence-electron chi connectivity index (χ1n) is 4.75. The summed E-state index contributed by atoms with van der Waals surface area (Å²) in [6.45, 7) is 2.16. The summed E-state index contributed by atoms with van der Waals surface area (Å²) in [5, 5.41) is 17.5. The van der Waals surface area contributed by atoms with Crippen LogP contribution in [0.5, 0.6) is 5.19 Å². The molecule has 1 rings (SSSR count). The Hall–Kier alpha value is -1.18. The Bertz CT molecular complexity index is 338. The van der Waals surface area contributed by atoms with Gasteiger partial charge in [0.25, 0.3) is 5.19 Å². The van der Waals surface area contributed by atoms with Gasteiger partial charge in [0.05, 0.1) is 19.4 Å². The van der Waals surface area contributed by atoms with E-state index >= 15 is 0 Å². The van der Waals surface area contributed by atoms with Crippen molar-refractivity contribution in [3.05, 3.63) is 11.1 Å². The molecule has 0 spiro atoms. The lowest BCUT2D eigenvalue weighted by Gasteiger charge is -2.02. The smallest absolute Gasteiger partial charge is 0.350 e. The van der Waals surface area contributed by atoms with Crippen molar-refractivity contribution in [1.29, 1.82) is 0 Å². The van der Waals surface area contributed by atoms with Crippen LogP contribution in [0.3, 0.4) is 0 Å². The van der Waals surface area contributed by atoms with Crippen LogP contribution >= 0.6 is 11.3 Å². The first-order valence-corrected chi connectivity index (χ1v) is 5.57. The number of thiazole rings is 1. The van der Waals surface area contributed by atoms with Crippen molar-refractivity contribution in [1.82, 2.24) is 4.98 Å². The third-order valence-corrected chi connectivity index (χ3v) is 2.45. The van der Waals surface area contributed by atoms with E-state index in [2.05, 4.69) is 4.98 Å². The second-order valence-electron chi connectivity index (χ2n) is 2.83. The van der Waals surface area contributed by atoms with E-state index in [0.29, 0.717) is 16.7 Å². The van der Waals surface area contributed by atoms with Crippen LogP contribution in [0.4, 0.5) is 0 Å². The van der Waals surface area contributed by atoms with Gasteiger partial charge < -0.3 is 19.7 Å². The number of rotatable bonds is 6. The molecular weight excluding hydrogens is 234 g/mol. The van der Waals surface area contributed by atoms with E-state index in [9.17, 15) is 4.79 Å². The number of aliphatic hydroxyl groups excluding tert-OH is 1. The maximum Gasteiger partial charge on any atom is 0.350 e. The van der Waals surface area contributed by atoms with Gasteiger partial charge in [0.1, 0.15) is 4.88 Å². The quantitative estimate of drug-likeness (QED) is 0.558. The van der Waals surface area contributed by atoms with E-state index in [0.717, 1.165) is 11.3 Å². The average Bonchev–Trinajstić information content (AvgIpc) is 2.66. The fourth-order valence-electron chi connectivity index (χ4n) is 0.873. The van der Waals surface area contributed by atoms with E-state index < -0.39 is 12.3 Å². The fourth-order valence-corrected chi connectivity index (χ4v) is 1.56. The number of nitrogens with zero attached hydrogens (tertiary/aromatic N) is 1. The van der Waals surface area contributed by atoms with Gasteiger partial charge in [0.15, 0.2) is 6.29 Å². The molecule has 0 aromatic carbocycles. The third-order valence-electron chi connectivity index (χ3n) is 1.56. The molecule has 0 saturated heterocycles. The van der Waals surface area contributed by atoms with Gasteiger partial charge in [-0.1, -0.05) is 11.3 Å². The molecule has 0 unspecified atom stereocenters. The van der Waals surface area contributed by atoms with E-state index in [4.69, 9.17) is 19.7 Å². The number of carbonyl (C=O) groups is 1. The van der Waals surface area contributed by atoms with Crippen molar-refractivity contribution >= 4 is 17.3 Å². The summed E-state index contributed by atoms with van der Waals surface area (Å²) in [5.41, 5.74) is 0. The zero-order valence-corrected chi connectivity index (χ0v) is 9.57. The number of esters is 1. The van der Waals surface area contributed by atoms with Gasteiger partial charge in [-0.25, -0.2) is 9.78 Å². The Balaban J connectivity index is 2.42. The van der Waals surface area contributed by atoms with Crippen molar-refractivity contribution in [2.45, 2.75) is 19.6 Å². The molecule has 6 nitrogen and oxygen atoms in total. The predicted molar refractivity (Wildman–Crippen MR) is 56.4 cm³/mol. The lowest BCUT2D eigenvalue weighted by molar-refractivity contribution is -0.0519. The number of ether oxygens (including phenoxy) is 2. The average molecular weight is 247 g/mol. The molecule has 1 aromatic rings. The highest BCUT2D eigenvalue weighted by Crippen LogP contribution is 2.21. The highest BCUT2D eigenvalue weighted by atomic mass is 32.1. The van der Waals surface area contributed by atoms with Crippen LogP contribution in [0.2, 0.25) is 0 Å². The van der Waals surface area contributed by atoms with Gasteiger partial charge in [0.2, 0.25) is 0 Å². The van der Waals surface area contributed by atoms with Gasteiger partial charge in [-0.3, -0.25) is 0 Å². The van der Waals surface area contributed by atoms with Crippen molar-refractivity contribution in [2.75, 3.05) is 13.2 Å². The molecule has 0 bridgehead atoms. The SMILES string of the molecule is CCOC(=O)c1cnc(OCCC(O)O)s1. The monoisotopic (exact) mass is 247 g/mol. The Morgan fingerprint density at radius 3 is 3.00 bits per heavy atom. The molecule has 16 heavy (non-hydrogen) atoms. The van der Waals surface area contributed by atoms with Crippen LogP contribution in [0.1, 0.15) is 23.0 Å². The lowest BCUT2D eigenvalue weighted by atomic mass is 10.4. The van der Waals surface area contributed by atoms with Gasteiger partial charge >= 0.3 is 5.97 Å². The topological polar surface area (TPSA) is 88.9 Å². The summed E-state index contributed by atoms with van der Waals surface area (Å²) in [5.74, 6) is -0.433. The zero-order valence-electron chi connectivity index (χ0n) is 8.75. The Morgan fingerprint density at radius 2 is 2.38 bits per heavy atom. The Kier molecular flexibility index (Phi) is 5.17. The molecule has 0 aliphatic carbocycles. The highest BCUT2D eigenvalue weighted by Gasteiger charge is 2.12. The van der Waals surface area contributed by atoms with Crippen molar-refractivity contribution in [3.8, 4) is 5.19 Å². The number of carbonyl (C=O) groups excluding carboxylic acids is 1. The summed E-state index contributed by atoms with van der Waals surface area (Å²) < 4.78 is 9.89. The minimum absolute atomic E-state index is 0.0916. The Morgan fingerprint density at radius 1 is 1.62 bits per heavy atom. The normalized spacial score (nSPS) is 10.5. The molecule has 0 aliphatic heterocycles. The fraction of sp³-hybridized carbons (Fsp3) is 0.556. The summed E-state index contributed by atoms with van der Waals surface area (Å²) in [6.07, 6.45) is 0.0614. The summed E-state index contributed by atoms with van der Waals surface area (Å²) in [7, 11) is 0. The van der Waals surface area contributed by atoms with E-state index in [1.807, 2.05) is 0 Å². The molecule has 1 heterocycles. The molecule has 7 heteroatoms. The predicted octanol–water partition coefficient (Wildman–Crippen LogP) is 0.399. The first-order chi connectivity index (χ1) is 7.63. The molecule has 0 fully saturated rings. The van der Waals surface area contributed by atoms with Crippen LogP contribution in [-0.4, -0.2) is 40.7 Å². The van der Waals surface area contributed by atoms with Gasteiger partial charge in [-0.2, -0.15) is 0 Å². The number of aromatic nitrogens is 1. The standard InChI is InChI=1S/C9H13NO5S/c1-2-14-8(13)6-5-10-9(16-6)15-4-3-7(11)12/h5,7,11-12H,2-4H2,1H3. The lowest BCUT2D eigenvalue weighted by Crippen LogP contribution is -2.10. The third kappa shape index (κ3) is 4.13. The molecule has 2 N–H and O–H groups in total. The second kappa shape index (κ2) is 6.41. The van der Waals surface area contributed by atoms with E-state index in [-0.39, 0.29) is 13.0 Å². The summed E-state index contributed by atoms with van der Waals surface area (Å²) >= 11 is 1.06. The van der Waals surface area contributed by atoms with Crippen molar-refractivity contribution in [2.24, 2.45) is 0 Å². The van der Waals surface area contributed by atoms with Gasteiger partial charge in [-0.15, -0.1) is 0 Å². The van der Waals surface area contributed by atoms with Crippen LogP contribution in [0.25, 0.3) is 0 Å². The molecule has 0 saturated carbocycles. The molecule has 0 atom stereocenters. The summed E-state index contributed by atoms with van der Waals surface area (Å²) in [6, 6.07) is 0. The molecule has 0 radical (unpaired) electrons. The molecular formula is C9H13NO5S. The molecule has 90 valence electrons. The second-order valence-corrected chi connectivity index (χ2v) is 3.82. The molecule has 1 aromatic heterocycles. The van der Waals surface area contributed by atoms with Crippen LogP contribution in [-0.2, 0) is 4.74 Å². The Labute approximate surface area is 96.5 Å². The van der Waals surface area contributed by atoms with Crippen molar-refractivity contribution in [3.63, 3.8) is 0 Å². The highest BCUT2D eigenvalue weighted by molar-refractivity contribution is 7.15. The zero-order chi connectivity index (χ0) is 12.0. The summed E-state index contributed by atoms with van der Waals surface area (Å²) in [4.78, 5) is 15.5. The van der Waals surface area contributed by atoms with Crippen LogP contribution < -0.4 is 4.74 Å². The minimum Gasteiger partial charge on any atom is -0.470 e. The maximum absolute atomic E-state index is 11.3. The minimum atomic E-state index is -1.40. The maximum atomic E-state index is 11.3. The number of hydrogen-bond donors (Lipinski definition) is 2. The van der Waals surface area contributed by atoms with Crippen LogP contribution in [0, 0.1) is 0 Å². The molecule has 0 aliphatic rings. The number of hydrogen-bond acceptors (Lipinski definition) is 7. The molecule has 0 amide bonds.